The Morgan fingerprint density at radius 2 is 1.89 bits per heavy atom. The highest BCUT2D eigenvalue weighted by molar-refractivity contribution is 6.01. The summed E-state index contributed by atoms with van der Waals surface area (Å²) >= 11 is 0. The second kappa shape index (κ2) is 10.1. The lowest BCUT2D eigenvalue weighted by Crippen LogP contribution is -2.57. The number of para-hydroxylation sites is 1. The molecule has 3 amide bonds. The van der Waals surface area contributed by atoms with Crippen molar-refractivity contribution in [2.75, 3.05) is 19.0 Å². The van der Waals surface area contributed by atoms with Crippen molar-refractivity contribution in [3.63, 3.8) is 0 Å². The van der Waals surface area contributed by atoms with Crippen LogP contribution in [0.5, 0.6) is 0 Å². The Morgan fingerprint density at radius 1 is 1.17 bits per heavy atom. The highest BCUT2D eigenvalue weighted by Crippen LogP contribution is 2.43. The lowest BCUT2D eigenvalue weighted by atomic mass is 9.83. The third-order valence-corrected chi connectivity index (χ3v) is 6.68. The van der Waals surface area contributed by atoms with Gasteiger partial charge in [-0.25, -0.2) is 9.97 Å². The molecule has 186 valence electrons. The second-order valence-electron chi connectivity index (χ2n) is 9.63. The molecule has 35 heavy (non-hydrogen) atoms. The van der Waals surface area contributed by atoms with Gasteiger partial charge in [0.25, 0.3) is 0 Å². The van der Waals surface area contributed by atoms with Gasteiger partial charge in [0.05, 0.1) is 18.3 Å². The summed E-state index contributed by atoms with van der Waals surface area (Å²) in [5.74, 6) is -0.425. The summed E-state index contributed by atoms with van der Waals surface area (Å²) in [5.41, 5.74) is 0.685. The highest BCUT2D eigenvalue weighted by Gasteiger charge is 2.55. The van der Waals surface area contributed by atoms with E-state index in [2.05, 4.69) is 25.9 Å². The Kier molecular flexibility index (Phi) is 7.13. The van der Waals surface area contributed by atoms with Gasteiger partial charge in [0, 0.05) is 24.4 Å². The molecular weight excluding hydrogens is 448 g/mol. The van der Waals surface area contributed by atoms with E-state index in [1.54, 1.807) is 38.5 Å². The molecule has 3 N–H and O–H groups in total. The third kappa shape index (κ3) is 5.03. The van der Waals surface area contributed by atoms with E-state index < -0.39 is 29.8 Å². The van der Waals surface area contributed by atoms with Gasteiger partial charge in [-0.15, -0.1) is 0 Å². The molecular formula is C25H32N6O4. The maximum absolute atomic E-state index is 13.7. The van der Waals surface area contributed by atoms with Crippen molar-refractivity contribution >= 4 is 23.4 Å². The predicted molar refractivity (Wildman–Crippen MR) is 130 cm³/mol. The molecule has 1 aromatic carbocycles. The van der Waals surface area contributed by atoms with E-state index in [1.807, 2.05) is 32.0 Å². The fourth-order valence-corrected chi connectivity index (χ4v) is 4.71. The third-order valence-electron chi connectivity index (χ3n) is 6.68. The number of hydrogen-bond donors (Lipinski definition) is 3. The van der Waals surface area contributed by atoms with Crippen molar-refractivity contribution in [3.8, 4) is 11.4 Å². The van der Waals surface area contributed by atoms with Crippen molar-refractivity contribution in [1.29, 1.82) is 0 Å². The second-order valence-corrected chi connectivity index (χ2v) is 9.63. The monoisotopic (exact) mass is 480 g/mol. The minimum atomic E-state index is -0.788. The number of benzene rings is 1. The van der Waals surface area contributed by atoms with Crippen LogP contribution in [0.1, 0.15) is 33.6 Å². The predicted octanol–water partition coefficient (Wildman–Crippen LogP) is 1.55. The molecule has 0 aliphatic carbocycles. The average molecular weight is 481 g/mol. The van der Waals surface area contributed by atoms with Gasteiger partial charge in [-0.05, 0) is 44.0 Å². The molecule has 2 aliphatic heterocycles. The van der Waals surface area contributed by atoms with Gasteiger partial charge < -0.3 is 25.6 Å². The van der Waals surface area contributed by atoms with E-state index in [1.165, 1.54) is 4.90 Å². The normalized spacial score (nSPS) is 24.3. The molecule has 4 rings (SSSR count). The maximum atomic E-state index is 13.7. The molecule has 0 saturated carbocycles. The molecule has 0 spiro atoms. The minimum absolute atomic E-state index is 0.277. The minimum Gasteiger partial charge on any atom is -0.358 e. The van der Waals surface area contributed by atoms with Crippen LogP contribution >= 0.6 is 0 Å². The summed E-state index contributed by atoms with van der Waals surface area (Å²) in [7, 11) is 1.68. The molecule has 10 heteroatoms. The van der Waals surface area contributed by atoms with E-state index in [-0.39, 0.29) is 17.7 Å². The van der Waals surface area contributed by atoms with Crippen molar-refractivity contribution in [3.05, 3.63) is 42.7 Å². The van der Waals surface area contributed by atoms with Crippen LogP contribution in [0, 0.1) is 5.41 Å². The van der Waals surface area contributed by atoms with Crippen LogP contribution in [0.2, 0.25) is 0 Å². The Bertz CT molecular complexity index is 1090. The van der Waals surface area contributed by atoms with Crippen LogP contribution in [-0.2, 0) is 19.1 Å². The van der Waals surface area contributed by atoms with Crippen molar-refractivity contribution in [2.24, 2.45) is 5.41 Å². The van der Waals surface area contributed by atoms with E-state index >= 15 is 0 Å². The molecule has 10 nitrogen and oxygen atoms in total. The van der Waals surface area contributed by atoms with Gasteiger partial charge in [0.1, 0.15) is 18.3 Å². The summed E-state index contributed by atoms with van der Waals surface area (Å²) in [6, 6.07) is 7.01. The number of amides is 3. The zero-order chi connectivity index (χ0) is 25.2. The van der Waals surface area contributed by atoms with Crippen LogP contribution in [0.4, 0.5) is 5.69 Å². The average Bonchev–Trinajstić information content (AvgIpc) is 3.04. The van der Waals surface area contributed by atoms with E-state index in [0.717, 1.165) is 0 Å². The van der Waals surface area contributed by atoms with Gasteiger partial charge >= 0.3 is 0 Å². The maximum Gasteiger partial charge on any atom is 0.247 e. The zero-order valence-corrected chi connectivity index (χ0v) is 20.4. The summed E-state index contributed by atoms with van der Waals surface area (Å²) in [5, 5.41) is 8.69. The molecule has 1 aromatic heterocycles. The lowest BCUT2D eigenvalue weighted by molar-refractivity contribution is -0.148. The highest BCUT2D eigenvalue weighted by atomic mass is 16.5. The van der Waals surface area contributed by atoms with Gasteiger partial charge in [-0.1, -0.05) is 26.0 Å². The first-order chi connectivity index (χ1) is 16.7. The number of aromatic nitrogens is 2. The SMILES string of the molecule is CN[C@@H](C)C(=O)N[C@H]1CCO[C@H]2CC(C)(C)[C@@H](C(=O)Nc3ccccc3-c3ncccn3)N2C1=O. The Hall–Kier alpha value is -3.37. The number of carbonyl (C=O) groups is 3. The fourth-order valence-electron chi connectivity index (χ4n) is 4.71. The summed E-state index contributed by atoms with van der Waals surface area (Å²) in [6.07, 6.45) is 3.60. The number of fused-ring (bicyclic) bond motifs is 1. The largest absolute Gasteiger partial charge is 0.358 e. The van der Waals surface area contributed by atoms with E-state index in [4.69, 9.17) is 4.74 Å². The first kappa shape index (κ1) is 24.7. The number of nitrogens with zero attached hydrogens (tertiary/aromatic N) is 3. The molecule has 0 unspecified atom stereocenters. The zero-order valence-electron chi connectivity index (χ0n) is 20.4. The number of carbonyl (C=O) groups excluding carboxylic acids is 3. The molecule has 2 fully saturated rings. The molecule has 0 radical (unpaired) electrons. The quantitative estimate of drug-likeness (QED) is 0.573. The number of ether oxygens (including phenoxy) is 1. The molecule has 2 aromatic rings. The summed E-state index contributed by atoms with van der Waals surface area (Å²) < 4.78 is 5.99. The van der Waals surface area contributed by atoms with Gasteiger partial charge in [-0.3, -0.25) is 14.4 Å². The van der Waals surface area contributed by atoms with Gasteiger partial charge in [-0.2, -0.15) is 0 Å². The number of anilines is 1. The van der Waals surface area contributed by atoms with Crippen LogP contribution < -0.4 is 16.0 Å². The number of likely N-dealkylation sites (N-methyl/N-ethyl adjacent to an activating group) is 1. The number of nitrogens with one attached hydrogen (secondary N) is 3. The van der Waals surface area contributed by atoms with E-state index in [9.17, 15) is 14.4 Å². The molecule has 0 bridgehead atoms. The smallest absolute Gasteiger partial charge is 0.247 e. The van der Waals surface area contributed by atoms with Crippen molar-refractivity contribution in [1.82, 2.24) is 25.5 Å². The Labute approximate surface area is 204 Å². The lowest BCUT2D eigenvalue weighted by Gasteiger charge is -2.33. The van der Waals surface area contributed by atoms with Crippen molar-refractivity contribution in [2.45, 2.75) is 58.0 Å². The molecule has 2 aliphatic rings. The first-order valence-electron chi connectivity index (χ1n) is 11.8. The van der Waals surface area contributed by atoms with Crippen LogP contribution in [-0.4, -0.2) is 70.6 Å². The van der Waals surface area contributed by atoms with Crippen molar-refractivity contribution < 1.29 is 19.1 Å². The molecule has 2 saturated heterocycles. The van der Waals surface area contributed by atoms with E-state index in [0.29, 0.717) is 36.5 Å². The Balaban J connectivity index is 1.61. The van der Waals surface area contributed by atoms with Crippen LogP contribution in [0.25, 0.3) is 11.4 Å². The standard InChI is InChI=1S/C25H32N6O4/c1-15(26-4)22(32)30-18-10-13-35-19-14-25(2,3)20(31(19)24(18)34)23(33)29-17-9-6-5-8-16(17)21-27-11-7-12-28-21/h5-9,11-12,15,18-20,26H,10,13-14H2,1-4H3,(H,29,33)(H,30,32)/t15-,18-,19-,20+/m0/s1. The van der Waals surface area contributed by atoms with Crippen LogP contribution in [0.15, 0.2) is 42.7 Å². The molecule has 4 atom stereocenters. The van der Waals surface area contributed by atoms with Crippen LogP contribution in [0.3, 0.4) is 0 Å². The summed E-state index contributed by atoms with van der Waals surface area (Å²) in [6.45, 7) is 5.93. The first-order valence-corrected chi connectivity index (χ1v) is 11.8. The Morgan fingerprint density at radius 3 is 2.60 bits per heavy atom. The topological polar surface area (TPSA) is 126 Å². The summed E-state index contributed by atoms with van der Waals surface area (Å²) in [4.78, 5) is 49.9. The number of rotatable bonds is 6. The fraction of sp³-hybridized carbons (Fsp3) is 0.480. The van der Waals surface area contributed by atoms with Gasteiger partial charge in [0.15, 0.2) is 5.82 Å². The number of hydrogen-bond acceptors (Lipinski definition) is 7. The molecule has 3 heterocycles. The van der Waals surface area contributed by atoms with Gasteiger partial charge in [0.2, 0.25) is 17.7 Å².